The Hall–Kier alpha value is -6.05. The first kappa shape index (κ1) is 42.3. The standard InChI is InChI=1S/C62H63N/c1-42(2)34-51-37-50(47-27-19-24-45(36-47)23-12-8-7-11-20-44-21-13-9-14-22-44)38-52(35-43(3)4)61(51)49-31-33-59-56(39-49)55(46-25-15-10-16-26-46)41-60(63-59)48-30-32-54-53-28-17-18-29-57(53)62(5,6)58(54)40-48/h9-10,13-19,21-22,24-33,36-43H,7-8,11-12,20,23,34-35H2,1-6H3. The molecule has 0 bridgehead atoms. The summed E-state index contributed by atoms with van der Waals surface area (Å²) in [4.78, 5) is 5.44. The molecule has 0 aliphatic heterocycles. The van der Waals surface area contributed by atoms with Gasteiger partial charge >= 0.3 is 0 Å². The first-order chi connectivity index (χ1) is 30.6. The molecule has 0 fully saturated rings. The molecule has 1 aliphatic carbocycles. The van der Waals surface area contributed by atoms with Gasteiger partial charge in [-0.25, -0.2) is 4.98 Å². The van der Waals surface area contributed by atoms with E-state index in [9.17, 15) is 0 Å². The molecule has 0 saturated heterocycles. The van der Waals surface area contributed by atoms with Gasteiger partial charge in [0.05, 0.1) is 11.2 Å². The van der Waals surface area contributed by atoms with Crippen LogP contribution in [0.3, 0.4) is 0 Å². The molecular formula is C62H63N. The van der Waals surface area contributed by atoms with E-state index in [2.05, 4.69) is 205 Å². The van der Waals surface area contributed by atoms with Gasteiger partial charge in [0, 0.05) is 16.4 Å². The zero-order valence-corrected chi connectivity index (χ0v) is 38.3. The minimum Gasteiger partial charge on any atom is -0.248 e. The molecule has 0 unspecified atom stereocenters. The molecule has 0 atom stereocenters. The normalized spacial score (nSPS) is 12.9. The third-order valence-corrected chi connectivity index (χ3v) is 13.4. The van der Waals surface area contributed by atoms with E-state index in [0.29, 0.717) is 11.8 Å². The molecule has 316 valence electrons. The fraction of sp³-hybridized carbons (Fsp3) is 0.274. The number of benzene rings is 7. The van der Waals surface area contributed by atoms with Gasteiger partial charge in [0.2, 0.25) is 0 Å². The van der Waals surface area contributed by atoms with E-state index in [0.717, 1.165) is 36.0 Å². The van der Waals surface area contributed by atoms with Crippen molar-refractivity contribution < 1.29 is 0 Å². The first-order valence-electron chi connectivity index (χ1n) is 23.7. The van der Waals surface area contributed by atoms with Crippen LogP contribution in [0, 0.1) is 11.8 Å². The average Bonchev–Trinajstić information content (AvgIpc) is 3.52. The highest BCUT2D eigenvalue weighted by Crippen LogP contribution is 2.50. The molecule has 1 aromatic heterocycles. The number of fused-ring (bicyclic) bond motifs is 4. The van der Waals surface area contributed by atoms with Crippen LogP contribution in [0.2, 0.25) is 0 Å². The second-order valence-corrected chi connectivity index (χ2v) is 19.5. The third kappa shape index (κ3) is 9.08. The number of rotatable bonds is 15. The fourth-order valence-electron chi connectivity index (χ4n) is 10.3. The van der Waals surface area contributed by atoms with Crippen molar-refractivity contribution in [2.24, 2.45) is 11.8 Å². The van der Waals surface area contributed by atoms with Crippen molar-refractivity contribution in [1.82, 2.24) is 4.98 Å². The summed E-state index contributed by atoms with van der Waals surface area (Å²) in [6.07, 6.45) is 9.42. The van der Waals surface area contributed by atoms with Gasteiger partial charge in [-0.3, -0.25) is 0 Å². The number of unbranched alkanes of at least 4 members (excludes halogenated alkanes) is 3. The van der Waals surface area contributed by atoms with E-state index >= 15 is 0 Å². The number of hydrogen-bond acceptors (Lipinski definition) is 1. The van der Waals surface area contributed by atoms with Crippen molar-refractivity contribution in [3.63, 3.8) is 0 Å². The maximum Gasteiger partial charge on any atom is 0.0716 e. The van der Waals surface area contributed by atoms with Gasteiger partial charge in [-0.1, -0.05) is 194 Å². The lowest BCUT2D eigenvalue weighted by atomic mass is 9.81. The quantitative estimate of drug-likeness (QED) is 0.0939. The number of aromatic nitrogens is 1. The molecule has 0 saturated carbocycles. The number of aryl methyl sites for hydroxylation is 2. The second kappa shape index (κ2) is 18.4. The van der Waals surface area contributed by atoms with E-state index in [1.54, 1.807) is 0 Å². The molecule has 0 radical (unpaired) electrons. The Bertz CT molecular complexity index is 2830. The Balaban J connectivity index is 1.07. The number of hydrogen-bond donors (Lipinski definition) is 0. The zero-order chi connectivity index (χ0) is 43.5. The van der Waals surface area contributed by atoms with E-state index in [4.69, 9.17) is 4.98 Å². The van der Waals surface area contributed by atoms with Crippen LogP contribution in [-0.4, -0.2) is 4.98 Å². The van der Waals surface area contributed by atoms with Crippen LogP contribution < -0.4 is 0 Å². The highest BCUT2D eigenvalue weighted by Gasteiger charge is 2.35. The highest BCUT2D eigenvalue weighted by atomic mass is 14.7. The lowest BCUT2D eigenvalue weighted by molar-refractivity contribution is 0.638. The first-order valence-corrected chi connectivity index (χ1v) is 23.7. The van der Waals surface area contributed by atoms with Crippen LogP contribution >= 0.6 is 0 Å². The Morgan fingerprint density at radius 2 is 1.03 bits per heavy atom. The molecule has 8 aromatic rings. The lowest BCUT2D eigenvalue weighted by Crippen LogP contribution is -2.14. The van der Waals surface area contributed by atoms with Crippen LogP contribution in [0.4, 0.5) is 0 Å². The second-order valence-electron chi connectivity index (χ2n) is 19.5. The van der Waals surface area contributed by atoms with Crippen LogP contribution in [-0.2, 0) is 31.1 Å². The summed E-state index contributed by atoms with van der Waals surface area (Å²) in [6, 6.07) is 61.5. The summed E-state index contributed by atoms with van der Waals surface area (Å²) >= 11 is 0. The fourth-order valence-corrected chi connectivity index (χ4v) is 10.3. The Morgan fingerprint density at radius 1 is 0.429 bits per heavy atom. The molecule has 9 rings (SSSR count). The van der Waals surface area contributed by atoms with Crippen LogP contribution in [0.15, 0.2) is 164 Å². The third-order valence-electron chi connectivity index (χ3n) is 13.4. The zero-order valence-electron chi connectivity index (χ0n) is 38.3. The minimum absolute atomic E-state index is 0.0710. The SMILES string of the molecule is CC(C)Cc1cc(-c2cccc(CCCCCCc3ccccc3)c2)cc(CC(C)C)c1-c1ccc2nc(-c3ccc4c(c3)C(C)(C)c3ccccc3-4)cc(-c3ccccc3)c2c1. The Labute approximate surface area is 377 Å². The van der Waals surface area contributed by atoms with E-state index in [1.165, 1.54) is 115 Å². The van der Waals surface area contributed by atoms with Crippen LogP contribution in [0.25, 0.3) is 66.7 Å². The summed E-state index contributed by atoms with van der Waals surface area (Å²) < 4.78 is 0. The van der Waals surface area contributed by atoms with E-state index in [-0.39, 0.29) is 5.41 Å². The molecule has 0 N–H and O–H groups in total. The predicted octanol–water partition coefficient (Wildman–Crippen LogP) is 17.0. The van der Waals surface area contributed by atoms with Crippen molar-refractivity contribution in [1.29, 1.82) is 0 Å². The van der Waals surface area contributed by atoms with Gasteiger partial charge in [-0.15, -0.1) is 0 Å². The summed E-state index contributed by atoms with van der Waals surface area (Å²) in [7, 11) is 0. The maximum atomic E-state index is 5.44. The lowest BCUT2D eigenvalue weighted by Gasteiger charge is -2.22. The van der Waals surface area contributed by atoms with Crippen molar-refractivity contribution in [3.8, 4) is 55.8 Å². The predicted molar refractivity (Wildman–Crippen MR) is 270 cm³/mol. The summed E-state index contributed by atoms with van der Waals surface area (Å²) in [6.45, 7) is 14.1. The molecule has 7 aromatic carbocycles. The van der Waals surface area contributed by atoms with Gasteiger partial charge in [-0.2, -0.15) is 0 Å². The molecule has 0 spiro atoms. The van der Waals surface area contributed by atoms with Crippen molar-refractivity contribution in [2.75, 3.05) is 0 Å². The molecule has 1 heteroatoms. The van der Waals surface area contributed by atoms with Crippen molar-refractivity contribution in [2.45, 2.75) is 98.3 Å². The van der Waals surface area contributed by atoms with Gasteiger partial charge < -0.3 is 0 Å². The topological polar surface area (TPSA) is 12.9 Å². The van der Waals surface area contributed by atoms with Crippen LogP contribution in [0.5, 0.6) is 0 Å². The Morgan fingerprint density at radius 3 is 1.75 bits per heavy atom. The molecule has 63 heavy (non-hydrogen) atoms. The molecule has 1 heterocycles. The molecular weight excluding hydrogens is 759 g/mol. The van der Waals surface area contributed by atoms with E-state index in [1.807, 2.05) is 0 Å². The smallest absolute Gasteiger partial charge is 0.0716 e. The summed E-state index contributed by atoms with van der Waals surface area (Å²) in [5.74, 6) is 1.04. The molecule has 0 amide bonds. The highest BCUT2D eigenvalue weighted by molar-refractivity contribution is 6.00. The van der Waals surface area contributed by atoms with Gasteiger partial charge in [0.25, 0.3) is 0 Å². The maximum absolute atomic E-state index is 5.44. The number of nitrogens with zero attached hydrogens (tertiary/aromatic N) is 1. The van der Waals surface area contributed by atoms with Crippen molar-refractivity contribution >= 4 is 10.9 Å². The van der Waals surface area contributed by atoms with Gasteiger partial charge in [-0.05, 0) is 153 Å². The molecule has 1 aliphatic rings. The largest absolute Gasteiger partial charge is 0.248 e. The summed E-state index contributed by atoms with van der Waals surface area (Å²) in [5.41, 5.74) is 22.1. The van der Waals surface area contributed by atoms with Gasteiger partial charge in [0.15, 0.2) is 0 Å². The summed E-state index contributed by atoms with van der Waals surface area (Å²) in [5, 5.41) is 1.19. The van der Waals surface area contributed by atoms with Gasteiger partial charge in [0.1, 0.15) is 0 Å². The monoisotopic (exact) mass is 821 g/mol. The van der Waals surface area contributed by atoms with Crippen molar-refractivity contribution in [3.05, 3.63) is 197 Å². The average molecular weight is 822 g/mol. The van der Waals surface area contributed by atoms with Crippen LogP contribution in [0.1, 0.15) is 101 Å². The van der Waals surface area contributed by atoms with E-state index < -0.39 is 0 Å². The molecule has 1 nitrogen and oxygen atoms in total. The Kier molecular flexibility index (Phi) is 12.3. The number of pyridine rings is 1. The minimum atomic E-state index is -0.0710.